The molecule has 0 radical (unpaired) electrons. The molecule has 1 atom stereocenters. The molecule has 0 heterocycles. The quantitative estimate of drug-likeness (QED) is 0.827. The molecule has 1 N–H and O–H groups in total. The van der Waals surface area contributed by atoms with Gasteiger partial charge in [0.25, 0.3) is 0 Å². The number of methoxy groups -OCH3 is 2. The van der Waals surface area contributed by atoms with E-state index >= 15 is 0 Å². The Morgan fingerprint density at radius 1 is 1.14 bits per heavy atom. The van der Waals surface area contributed by atoms with Crippen LogP contribution >= 0.6 is 0 Å². The lowest BCUT2D eigenvalue weighted by molar-refractivity contribution is 0.0729. The Hall–Kier alpha value is -2.33. The summed E-state index contributed by atoms with van der Waals surface area (Å²) in [5.74, 6) is 0.849. The predicted molar refractivity (Wildman–Crippen MR) is 79.8 cm³/mol. The number of ether oxygens (including phenoxy) is 2. The maximum atomic E-state index is 12.3. The Bertz CT molecular complexity index is 604. The summed E-state index contributed by atoms with van der Waals surface area (Å²) in [6, 6.07) is 13.7. The summed E-state index contributed by atoms with van der Waals surface area (Å²) in [7, 11) is 3.13. The number of ketones is 1. The van der Waals surface area contributed by atoms with Gasteiger partial charge in [-0.2, -0.15) is 0 Å². The first-order chi connectivity index (χ1) is 10.1. The van der Waals surface area contributed by atoms with Gasteiger partial charge in [-0.05, 0) is 42.0 Å². The fraction of sp³-hybridized carbons (Fsp3) is 0.235. The lowest BCUT2D eigenvalue weighted by Gasteiger charge is -2.15. The summed E-state index contributed by atoms with van der Waals surface area (Å²) in [6.45, 7) is 0. The van der Waals surface area contributed by atoms with Crippen molar-refractivity contribution in [3.05, 3.63) is 59.7 Å². The zero-order valence-electron chi connectivity index (χ0n) is 12.1. The van der Waals surface area contributed by atoms with Crippen LogP contribution in [0, 0.1) is 0 Å². The minimum Gasteiger partial charge on any atom is -0.508 e. The fourth-order valence-corrected chi connectivity index (χ4v) is 2.13. The summed E-state index contributed by atoms with van der Waals surface area (Å²) in [5.41, 5.74) is 1.39. The van der Waals surface area contributed by atoms with E-state index in [-0.39, 0.29) is 24.1 Å². The number of benzene rings is 2. The zero-order chi connectivity index (χ0) is 15.2. The minimum atomic E-state index is -0.383. The van der Waals surface area contributed by atoms with E-state index in [4.69, 9.17) is 9.47 Å². The fourth-order valence-electron chi connectivity index (χ4n) is 2.13. The van der Waals surface area contributed by atoms with Gasteiger partial charge in [-0.25, -0.2) is 0 Å². The molecule has 0 aliphatic heterocycles. The number of Topliss-reactive ketones (excluding diaryl/α,β-unsaturated/α-hetero) is 1. The van der Waals surface area contributed by atoms with Crippen LogP contribution < -0.4 is 4.74 Å². The molecule has 2 aromatic rings. The maximum Gasteiger partial charge on any atom is 0.165 e. The van der Waals surface area contributed by atoms with Crippen LogP contribution in [0.15, 0.2) is 48.5 Å². The third-order valence-corrected chi connectivity index (χ3v) is 3.31. The molecule has 4 heteroatoms. The number of phenols is 1. The molecule has 0 bridgehead atoms. The minimum absolute atomic E-state index is 0.0205. The van der Waals surface area contributed by atoms with E-state index in [0.717, 1.165) is 5.56 Å². The van der Waals surface area contributed by atoms with Gasteiger partial charge >= 0.3 is 0 Å². The van der Waals surface area contributed by atoms with Gasteiger partial charge in [0, 0.05) is 19.1 Å². The van der Waals surface area contributed by atoms with E-state index < -0.39 is 0 Å². The summed E-state index contributed by atoms with van der Waals surface area (Å²) in [6.07, 6.45) is -0.168. The molecular weight excluding hydrogens is 268 g/mol. The summed E-state index contributed by atoms with van der Waals surface area (Å²) < 4.78 is 10.4. The molecule has 21 heavy (non-hydrogen) atoms. The van der Waals surface area contributed by atoms with Crippen molar-refractivity contribution >= 4 is 5.78 Å². The van der Waals surface area contributed by atoms with Crippen LogP contribution in [0.4, 0.5) is 0 Å². The number of rotatable bonds is 6. The number of aromatic hydroxyl groups is 1. The van der Waals surface area contributed by atoms with Crippen LogP contribution in [0.25, 0.3) is 0 Å². The molecule has 0 aliphatic carbocycles. The average molecular weight is 286 g/mol. The van der Waals surface area contributed by atoms with Gasteiger partial charge < -0.3 is 14.6 Å². The van der Waals surface area contributed by atoms with Crippen molar-refractivity contribution < 1.29 is 19.4 Å². The number of phenolic OH excluding ortho intramolecular Hbond substituents is 1. The molecule has 4 nitrogen and oxygen atoms in total. The molecule has 0 spiro atoms. The van der Waals surface area contributed by atoms with Crippen molar-refractivity contribution in [2.75, 3.05) is 14.2 Å². The monoisotopic (exact) mass is 286 g/mol. The van der Waals surface area contributed by atoms with Crippen molar-refractivity contribution in [3.63, 3.8) is 0 Å². The first-order valence-electron chi connectivity index (χ1n) is 6.63. The zero-order valence-corrected chi connectivity index (χ0v) is 12.1. The highest BCUT2D eigenvalue weighted by molar-refractivity contribution is 5.96. The molecule has 0 amide bonds. The molecule has 0 saturated carbocycles. The molecule has 2 aromatic carbocycles. The topological polar surface area (TPSA) is 55.8 Å². The van der Waals surface area contributed by atoms with Crippen LogP contribution in [-0.4, -0.2) is 25.1 Å². The molecular formula is C17H18O4. The standard InChI is InChI=1S/C17H18O4/c1-20-15-8-6-12(7-9-15)16(19)11-17(21-2)13-4-3-5-14(18)10-13/h3-10,17-18H,11H2,1-2H3. The Labute approximate surface area is 123 Å². The second-order valence-electron chi connectivity index (χ2n) is 4.68. The molecule has 1 unspecified atom stereocenters. The Morgan fingerprint density at radius 3 is 2.43 bits per heavy atom. The van der Waals surface area contributed by atoms with Crippen LogP contribution in [0.5, 0.6) is 11.5 Å². The molecule has 0 fully saturated rings. The van der Waals surface area contributed by atoms with Crippen molar-refractivity contribution in [2.24, 2.45) is 0 Å². The van der Waals surface area contributed by atoms with Crippen LogP contribution in [0.1, 0.15) is 28.4 Å². The van der Waals surface area contributed by atoms with Crippen molar-refractivity contribution in [2.45, 2.75) is 12.5 Å². The van der Waals surface area contributed by atoms with Crippen LogP contribution in [-0.2, 0) is 4.74 Å². The number of carbonyl (C=O) groups excluding carboxylic acids is 1. The maximum absolute atomic E-state index is 12.3. The van der Waals surface area contributed by atoms with E-state index in [0.29, 0.717) is 11.3 Å². The lowest BCUT2D eigenvalue weighted by Crippen LogP contribution is -2.09. The van der Waals surface area contributed by atoms with E-state index in [2.05, 4.69) is 0 Å². The summed E-state index contributed by atoms with van der Waals surface area (Å²) >= 11 is 0. The van der Waals surface area contributed by atoms with Gasteiger partial charge in [0.15, 0.2) is 5.78 Å². The molecule has 0 saturated heterocycles. The highest BCUT2D eigenvalue weighted by Gasteiger charge is 2.17. The molecule has 2 rings (SSSR count). The summed E-state index contributed by atoms with van der Waals surface area (Å²) in [5, 5.41) is 9.51. The van der Waals surface area contributed by atoms with Gasteiger partial charge in [0.2, 0.25) is 0 Å². The average Bonchev–Trinajstić information content (AvgIpc) is 2.52. The first kappa shape index (κ1) is 15.1. The second-order valence-corrected chi connectivity index (χ2v) is 4.68. The van der Waals surface area contributed by atoms with E-state index in [1.54, 1.807) is 56.7 Å². The summed E-state index contributed by atoms with van der Waals surface area (Å²) in [4.78, 5) is 12.3. The first-order valence-corrected chi connectivity index (χ1v) is 6.63. The molecule has 0 aliphatic rings. The number of hydrogen-bond acceptors (Lipinski definition) is 4. The van der Waals surface area contributed by atoms with E-state index in [9.17, 15) is 9.90 Å². The number of hydrogen-bond donors (Lipinski definition) is 1. The Morgan fingerprint density at radius 2 is 1.86 bits per heavy atom. The van der Waals surface area contributed by atoms with Crippen molar-refractivity contribution in [1.82, 2.24) is 0 Å². The Kier molecular flexibility index (Phi) is 4.95. The van der Waals surface area contributed by atoms with Gasteiger partial charge in [-0.3, -0.25) is 4.79 Å². The van der Waals surface area contributed by atoms with Crippen molar-refractivity contribution in [3.8, 4) is 11.5 Å². The third-order valence-electron chi connectivity index (χ3n) is 3.31. The van der Waals surface area contributed by atoms with Gasteiger partial charge in [0.1, 0.15) is 11.5 Å². The van der Waals surface area contributed by atoms with Crippen molar-refractivity contribution in [1.29, 1.82) is 0 Å². The van der Waals surface area contributed by atoms with Crippen LogP contribution in [0.3, 0.4) is 0 Å². The Balaban J connectivity index is 2.12. The van der Waals surface area contributed by atoms with Gasteiger partial charge in [-0.15, -0.1) is 0 Å². The SMILES string of the molecule is COc1ccc(C(=O)CC(OC)c2cccc(O)c2)cc1. The van der Waals surface area contributed by atoms with E-state index in [1.807, 2.05) is 6.07 Å². The smallest absolute Gasteiger partial charge is 0.165 e. The molecule has 0 aromatic heterocycles. The second kappa shape index (κ2) is 6.90. The largest absolute Gasteiger partial charge is 0.508 e. The molecule has 110 valence electrons. The third kappa shape index (κ3) is 3.83. The predicted octanol–water partition coefficient (Wildman–Crippen LogP) is 3.36. The lowest BCUT2D eigenvalue weighted by atomic mass is 10.00. The van der Waals surface area contributed by atoms with Gasteiger partial charge in [-0.1, -0.05) is 12.1 Å². The highest BCUT2D eigenvalue weighted by atomic mass is 16.5. The van der Waals surface area contributed by atoms with E-state index in [1.165, 1.54) is 0 Å². The number of carbonyl (C=O) groups is 1. The van der Waals surface area contributed by atoms with Crippen LogP contribution in [0.2, 0.25) is 0 Å². The van der Waals surface area contributed by atoms with Gasteiger partial charge in [0.05, 0.1) is 13.2 Å². The normalized spacial score (nSPS) is 11.9. The highest BCUT2D eigenvalue weighted by Crippen LogP contribution is 2.25.